The highest BCUT2D eigenvalue weighted by Crippen LogP contribution is 2.27. The molecule has 2 aromatic rings. The fourth-order valence-electron chi connectivity index (χ4n) is 3.33. The van der Waals surface area contributed by atoms with E-state index in [4.69, 9.17) is 0 Å². The van der Waals surface area contributed by atoms with Gasteiger partial charge < -0.3 is 9.47 Å². The summed E-state index contributed by atoms with van der Waals surface area (Å²) >= 11 is 0. The van der Waals surface area contributed by atoms with Gasteiger partial charge in [0.2, 0.25) is 23.0 Å². The fourth-order valence-corrected chi connectivity index (χ4v) is 3.33. The van der Waals surface area contributed by atoms with Crippen LogP contribution in [0.15, 0.2) is 24.3 Å². The molecule has 0 radical (unpaired) electrons. The van der Waals surface area contributed by atoms with Gasteiger partial charge >= 0.3 is 13.2 Å². The molecule has 0 N–H and O–H groups in total. The fraction of sp³-hybridized carbons (Fsp3) is 0.389. The van der Waals surface area contributed by atoms with E-state index in [0.29, 0.717) is 5.82 Å². The quantitative estimate of drug-likeness (QED) is 0.430. The third kappa shape index (κ3) is 3.69. The van der Waals surface area contributed by atoms with Gasteiger partial charge in [-0.2, -0.15) is 17.6 Å². The van der Waals surface area contributed by atoms with Gasteiger partial charge in [-0.05, 0) is 0 Å². The van der Waals surface area contributed by atoms with Crippen LogP contribution in [0.3, 0.4) is 0 Å². The highest BCUT2D eigenvalue weighted by Gasteiger charge is 2.42. The standard InChI is InChI=1S/C18H17F4N2O4/c1-10-23(6-8-27-17(19)20)13-14(24(10)7-9-28-18(21)22)16(26)12-5-3-2-4-11(12)15(13)25/h2-5,17-18H,6-9H2,1H3/q+1. The van der Waals surface area contributed by atoms with Crippen molar-refractivity contribution in [1.82, 2.24) is 4.57 Å². The number of carbonyl (C=O) groups is 2. The Balaban J connectivity index is 2.05. The molecule has 1 aliphatic rings. The molecule has 1 aromatic carbocycles. The number of carbonyl (C=O) groups excluding carboxylic acids is 2. The number of hydrogen-bond donors (Lipinski definition) is 0. The SMILES string of the molecule is Cc1n(CCOC(F)F)c2c([n+]1CCOC(F)F)C(=O)c1ccccc1C2=O. The van der Waals surface area contributed by atoms with E-state index in [2.05, 4.69) is 9.47 Å². The maximum absolute atomic E-state index is 13.0. The molecule has 1 heterocycles. The molecule has 0 aliphatic heterocycles. The summed E-state index contributed by atoms with van der Waals surface area (Å²) in [5, 5.41) is 0. The van der Waals surface area contributed by atoms with Gasteiger partial charge in [0.1, 0.15) is 13.1 Å². The van der Waals surface area contributed by atoms with E-state index in [1.54, 1.807) is 19.1 Å². The minimum Gasteiger partial charge on any atom is -0.319 e. The van der Waals surface area contributed by atoms with Crippen LogP contribution in [-0.2, 0) is 22.6 Å². The number of ketones is 2. The summed E-state index contributed by atoms with van der Waals surface area (Å²) in [6, 6.07) is 6.23. The van der Waals surface area contributed by atoms with Crippen LogP contribution in [0, 0.1) is 6.92 Å². The highest BCUT2D eigenvalue weighted by molar-refractivity contribution is 6.26. The molecule has 10 heteroatoms. The van der Waals surface area contributed by atoms with E-state index < -0.39 is 38.0 Å². The lowest BCUT2D eigenvalue weighted by Gasteiger charge is -2.13. The second-order valence-corrected chi connectivity index (χ2v) is 6.01. The van der Waals surface area contributed by atoms with Crippen molar-refractivity contribution < 1.29 is 41.2 Å². The van der Waals surface area contributed by atoms with Crippen molar-refractivity contribution in [3.8, 4) is 0 Å². The van der Waals surface area contributed by atoms with Gasteiger partial charge in [-0.25, -0.2) is 9.13 Å². The van der Waals surface area contributed by atoms with E-state index in [9.17, 15) is 27.2 Å². The number of benzene rings is 1. The first-order valence-electron chi connectivity index (χ1n) is 8.43. The summed E-state index contributed by atoms with van der Waals surface area (Å²) in [4.78, 5) is 26.0. The third-order valence-electron chi connectivity index (χ3n) is 4.51. The van der Waals surface area contributed by atoms with E-state index in [0.717, 1.165) is 0 Å². The smallest absolute Gasteiger partial charge is 0.319 e. The lowest BCUT2D eigenvalue weighted by atomic mass is 9.90. The molecule has 0 saturated heterocycles. The molecule has 3 rings (SSSR count). The zero-order valence-electron chi connectivity index (χ0n) is 14.8. The molecule has 6 nitrogen and oxygen atoms in total. The topological polar surface area (TPSA) is 61.4 Å². The second kappa shape index (κ2) is 8.19. The molecule has 0 bridgehead atoms. The maximum Gasteiger partial charge on any atom is 0.345 e. The molecular formula is C18H17F4N2O4+. The predicted octanol–water partition coefficient (Wildman–Crippen LogP) is 2.34. The summed E-state index contributed by atoms with van der Waals surface area (Å²) in [7, 11) is 0. The Hall–Kier alpha value is -2.59. The first-order chi connectivity index (χ1) is 13.3. The number of nitrogens with zero attached hydrogens (tertiary/aromatic N) is 2. The summed E-state index contributed by atoms with van der Waals surface area (Å²) in [5.74, 6) is -0.520. The molecule has 28 heavy (non-hydrogen) atoms. The number of imidazole rings is 1. The van der Waals surface area contributed by atoms with E-state index in [1.807, 2.05) is 0 Å². The molecule has 0 saturated carbocycles. The molecule has 0 spiro atoms. The molecule has 0 atom stereocenters. The number of ether oxygens (including phenoxy) is 2. The van der Waals surface area contributed by atoms with Gasteiger partial charge in [-0.1, -0.05) is 24.3 Å². The van der Waals surface area contributed by atoms with Crippen molar-refractivity contribution in [3.63, 3.8) is 0 Å². The Labute approximate surface area is 157 Å². The van der Waals surface area contributed by atoms with Crippen LogP contribution >= 0.6 is 0 Å². The number of fused-ring (bicyclic) bond motifs is 2. The first-order valence-corrected chi connectivity index (χ1v) is 8.43. The molecule has 150 valence electrons. The summed E-state index contributed by atoms with van der Waals surface area (Å²) in [6.07, 6.45) is 0. The van der Waals surface area contributed by atoms with Crippen molar-refractivity contribution in [2.75, 3.05) is 13.2 Å². The lowest BCUT2D eigenvalue weighted by Crippen LogP contribution is -2.45. The monoisotopic (exact) mass is 401 g/mol. The minimum atomic E-state index is -2.98. The number of rotatable bonds is 8. The number of halogens is 4. The lowest BCUT2D eigenvalue weighted by molar-refractivity contribution is -0.706. The van der Waals surface area contributed by atoms with E-state index in [1.165, 1.54) is 21.3 Å². The Kier molecular flexibility index (Phi) is 5.90. The van der Waals surface area contributed by atoms with Crippen LogP contribution < -0.4 is 4.57 Å². The Bertz CT molecular complexity index is 841. The number of aromatic nitrogens is 2. The maximum atomic E-state index is 13.0. The summed E-state index contributed by atoms with van der Waals surface area (Å²) in [5.41, 5.74) is 0.446. The van der Waals surface area contributed by atoms with Gasteiger partial charge in [-0.15, -0.1) is 0 Å². The minimum absolute atomic E-state index is 0.0242. The normalized spacial score (nSPS) is 13.4. The average molecular weight is 401 g/mol. The summed E-state index contributed by atoms with van der Waals surface area (Å²) in [6.45, 7) is -5.39. The molecule has 0 amide bonds. The Morgan fingerprint density at radius 3 is 2.14 bits per heavy atom. The summed E-state index contributed by atoms with van der Waals surface area (Å²) < 4.78 is 60.6. The van der Waals surface area contributed by atoms with Crippen LogP contribution in [-0.4, -0.2) is 42.6 Å². The van der Waals surface area contributed by atoms with Crippen molar-refractivity contribution in [1.29, 1.82) is 0 Å². The Morgan fingerprint density at radius 2 is 1.54 bits per heavy atom. The van der Waals surface area contributed by atoms with Crippen LogP contribution in [0.25, 0.3) is 0 Å². The van der Waals surface area contributed by atoms with Gasteiger partial charge in [0.05, 0.1) is 13.2 Å². The van der Waals surface area contributed by atoms with Crippen molar-refractivity contribution in [3.05, 3.63) is 52.6 Å². The van der Waals surface area contributed by atoms with Crippen LogP contribution in [0.2, 0.25) is 0 Å². The van der Waals surface area contributed by atoms with Crippen molar-refractivity contribution in [2.24, 2.45) is 0 Å². The number of hydrogen-bond acceptors (Lipinski definition) is 4. The van der Waals surface area contributed by atoms with Crippen molar-refractivity contribution in [2.45, 2.75) is 33.2 Å². The Morgan fingerprint density at radius 1 is 0.964 bits per heavy atom. The van der Waals surface area contributed by atoms with Crippen LogP contribution in [0.1, 0.15) is 37.9 Å². The van der Waals surface area contributed by atoms with Crippen LogP contribution in [0.4, 0.5) is 17.6 Å². The van der Waals surface area contributed by atoms with E-state index in [-0.39, 0.29) is 35.6 Å². The zero-order chi connectivity index (χ0) is 20.4. The molecule has 0 unspecified atom stereocenters. The zero-order valence-corrected chi connectivity index (χ0v) is 14.8. The van der Waals surface area contributed by atoms with Gasteiger partial charge in [0.15, 0.2) is 0 Å². The van der Waals surface area contributed by atoms with Gasteiger partial charge in [-0.3, -0.25) is 9.59 Å². The predicted molar refractivity (Wildman–Crippen MR) is 86.6 cm³/mol. The van der Waals surface area contributed by atoms with Gasteiger partial charge in [0.25, 0.3) is 5.82 Å². The molecule has 0 fully saturated rings. The molecule has 1 aliphatic carbocycles. The average Bonchev–Trinajstić information content (AvgIpc) is 2.92. The second-order valence-electron chi connectivity index (χ2n) is 6.01. The third-order valence-corrected chi connectivity index (χ3v) is 4.51. The highest BCUT2D eigenvalue weighted by atomic mass is 19.3. The van der Waals surface area contributed by atoms with Crippen molar-refractivity contribution >= 4 is 11.6 Å². The number of alkyl halides is 4. The molecular weight excluding hydrogens is 384 g/mol. The van der Waals surface area contributed by atoms with Gasteiger partial charge in [0, 0.05) is 18.1 Å². The first kappa shape index (κ1) is 20.2. The van der Waals surface area contributed by atoms with Crippen LogP contribution in [0.5, 0.6) is 0 Å². The van der Waals surface area contributed by atoms with E-state index >= 15 is 0 Å². The largest absolute Gasteiger partial charge is 0.345 e. The molecule has 1 aromatic heterocycles.